The van der Waals surface area contributed by atoms with Crippen molar-refractivity contribution in [1.82, 2.24) is 29.5 Å². The van der Waals surface area contributed by atoms with E-state index in [0.717, 1.165) is 38.8 Å². The fourth-order valence-electron chi connectivity index (χ4n) is 4.56. The molecule has 2 aromatic carbocycles. The van der Waals surface area contributed by atoms with Gasteiger partial charge < -0.3 is 4.74 Å². The van der Waals surface area contributed by atoms with Crippen molar-refractivity contribution in [2.45, 2.75) is 5.92 Å². The highest BCUT2D eigenvalue weighted by Crippen LogP contribution is 2.50. The first-order chi connectivity index (χ1) is 16.4. The lowest BCUT2D eigenvalue weighted by atomic mass is 9.83. The molecule has 1 atom stereocenters. The molecule has 156 valence electrons. The molecule has 6 aromatic rings. The van der Waals surface area contributed by atoms with Gasteiger partial charge in [0.2, 0.25) is 5.88 Å². The maximum absolute atomic E-state index is 6.44. The van der Waals surface area contributed by atoms with Gasteiger partial charge in [0.25, 0.3) is 0 Å². The van der Waals surface area contributed by atoms with Crippen molar-refractivity contribution in [3.63, 3.8) is 0 Å². The van der Waals surface area contributed by atoms with Gasteiger partial charge in [-0.05, 0) is 29.1 Å². The first-order valence-electron chi connectivity index (χ1n) is 10.6. The molecule has 7 rings (SSSR count). The lowest BCUT2D eigenvalue weighted by Gasteiger charge is -2.28. The van der Waals surface area contributed by atoms with Crippen LogP contribution >= 0.6 is 0 Å². The third-order valence-electron chi connectivity index (χ3n) is 6.03. The monoisotopic (exact) mass is 428 g/mol. The summed E-state index contributed by atoms with van der Waals surface area (Å²) in [5.74, 6) is 1.79. The minimum Gasteiger partial charge on any atom is -0.438 e. The van der Waals surface area contributed by atoms with E-state index in [4.69, 9.17) is 9.72 Å². The van der Waals surface area contributed by atoms with Crippen molar-refractivity contribution < 1.29 is 4.74 Å². The largest absolute Gasteiger partial charge is 0.438 e. The van der Waals surface area contributed by atoms with Crippen LogP contribution in [-0.4, -0.2) is 29.5 Å². The van der Waals surface area contributed by atoms with Crippen LogP contribution in [0, 0.1) is 0 Å². The Morgan fingerprint density at radius 1 is 0.848 bits per heavy atom. The fraction of sp³-hybridized carbons (Fsp3) is 0.0385. The van der Waals surface area contributed by atoms with Gasteiger partial charge in [0.1, 0.15) is 12.1 Å². The number of hydrogen-bond donors (Lipinski definition) is 0. The van der Waals surface area contributed by atoms with Crippen LogP contribution in [0.1, 0.15) is 22.6 Å². The highest BCUT2D eigenvalue weighted by Gasteiger charge is 2.34. The second-order valence-electron chi connectivity index (χ2n) is 7.94. The molecule has 4 aromatic heterocycles. The average Bonchev–Trinajstić information content (AvgIpc) is 3.33. The fourth-order valence-corrected chi connectivity index (χ4v) is 4.56. The Morgan fingerprint density at radius 3 is 2.58 bits per heavy atom. The van der Waals surface area contributed by atoms with E-state index >= 15 is 0 Å². The Morgan fingerprint density at radius 2 is 1.73 bits per heavy atom. The van der Waals surface area contributed by atoms with E-state index in [1.165, 1.54) is 0 Å². The molecular formula is C26H16N6O. The number of ether oxygens (including phenoxy) is 1. The zero-order valence-corrected chi connectivity index (χ0v) is 17.3. The molecule has 0 aliphatic carbocycles. The van der Waals surface area contributed by atoms with E-state index in [-0.39, 0.29) is 5.92 Å². The molecule has 7 heteroatoms. The van der Waals surface area contributed by atoms with Crippen LogP contribution in [0.25, 0.3) is 27.8 Å². The van der Waals surface area contributed by atoms with Gasteiger partial charge in [-0.1, -0.05) is 42.5 Å². The third-order valence-corrected chi connectivity index (χ3v) is 6.03. The van der Waals surface area contributed by atoms with Crippen LogP contribution in [0.15, 0.2) is 91.8 Å². The molecule has 5 heterocycles. The Balaban J connectivity index is 1.53. The van der Waals surface area contributed by atoms with Gasteiger partial charge >= 0.3 is 0 Å². The van der Waals surface area contributed by atoms with Gasteiger partial charge in [-0.3, -0.25) is 9.97 Å². The summed E-state index contributed by atoms with van der Waals surface area (Å²) in [5, 5.41) is 6.82. The third kappa shape index (κ3) is 2.72. The first-order valence-corrected chi connectivity index (χ1v) is 10.6. The van der Waals surface area contributed by atoms with Crippen LogP contribution in [-0.2, 0) is 0 Å². The molecule has 1 aliphatic rings. The minimum absolute atomic E-state index is 0.149. The highest BCUT2D eigenvalue weighted by atomic mass is 16.5. The molecular weight excluding hydrogens is 412 g/mol. The molecule has 0 saturated heterocycles. The number of fused-ring (bicyclic) bond motifs is 6. The van der Waals surface area contributed by atoms with E-state index in [9.17, 15) is 0 Å². The quantitative estimate of drug-likeness (QED) is 0.385. The van der Waals surface area contributed by atoms with Crippen LogP contribution in [0.3, 0.4) is 0 Å². The van der Waals surface area contributed by atoms with E-state index in [0.29, 0.717) is 17.4 Å². The Bertz CT molecular complexity index is 1650. The maximum Gasteiger partial charge on any atom is 0.228 e. The van der Waals surface area contributed by atoms with E-state index in [1.54, 1.807) is 29.4 Å². The molecule has 0 saturated carbocycles. The molecule has 0 spiro atoms. The number of hydrogen-bond acceptors (Lipinski definition) is 6. The van der Waals surface area contributed by atoms with E-state index < -0.39 is 0 Å². The van der Waals surface area contributed by atoms with Crippen molar-refractivity contribution in [2.75, 3.05) is 0 Å². The summed E-state index contributed by atoms with van der Waals surface area (Å²) in [5.41, 5.74) is 4.51. The summed E-state index contributed by atoms with van der Waals surface area (Å²) < 4.78 is 8.15. The summed E-state index contributed by atoms with van der Waals surface area (Å²) in [6.45, 7) is 0. The zero-order chi connectivity index (χ0) is 21.8. The molecule has 7 nitrogen and oxygen atoms in total. The first kappa shape index (κ1) is 18.0. The van der Waals surface area contributed by atoms with Gasteiger partial charge in [-0.25, -0.2) is 14.5 Å². The van der Waals surface area contributed by atoms with Crippen LogP contribution < -0.4 is 4.74 Å². The smallest absolute Gasteiger partial charge is 0.228 e. The van der Waals surface area contributed by atoms with Gasteiger partial charge in [0, 0.05) is 47.2 Å². The predicted octanol–water partition coefficient (Wildman–Crippen LogP) is 5.02. The molecule has 0 bridgehead atoms. The lowest BCUT2D eigenvalue weighted by Crippen LogP contribution is -2.15. The second-order valence-corrected chi connectivity index (χ2v) is 7.94. The summed E-state index contributed by atoms with van der Waals surface area (Å²) in [6.07, 6.45) is 8.81. The standard InChI is InChI=1S/C26H16N6O/c1-2-8-19-16(5-1)9-10-20-21(17-6-3-11-27-13-17)22-25-30-24(18-7-4-12-28-14-18)31-32(25)15-29-26(22)33-23(19)20/h1-15,21H. The number of rotatable bonds is 2. The maximum atomic E-state index is 6.44. The molecule has 0 amide bonds. The summed E-state index contributed by atoms with van der Waals surface area (Å²) in [4.78, 5) is 18.1. The normalized spacial score (nSPS) is 14.6. The Labute approximate surface area is 188 Å². The SMILES string of the molecule is c1cncc(-c2nc3c4c(ncn3n2)Oc2c(ccc3ccccc23)C4c2cccnc2)c1. The summed E-state index contributed by atoms with van der Waals surface area (Å²) in [7, 11) is 0. The van der Waals surface area contributed by atoms with Crippen molar-refractivity contribution in [3.05, 3.63) is 108 Å². The van der Waals surface area contributed by atoms with Gasteiger partial charge in [-0.15, -0.1) is 5.10 Å². The second kappa shape index (κ2) is 6.93. The number of aromatic nitrogens is 6. The van der Waals surface area contributed by atoms with Crippen LogP contribution in [0.2, 0.25) is 0 Å². The summed E-state index contributed by atoms with van der Waals surface area (Å²) in [6, 6.07) is 20.3. The van der Waals surface area contributed by atoms with Crippen molar-refractivity contribution >= 4 is 16.4 Å². The number of benzene rings is 2. The molecule has 0 fully saturated rings. The molecule has 0 radical (unpaired) electrons. The van der Waals surface area contributed by atoms with Crippen molar-refractivity contribution in [1.29, 1.82) is 0 Å². The molecule has 33 heavy (non-hydrogen) atoms. The predicted molar refractivity (Wildman–Crippen MR) is 123 cm³/mol. The van der Waals surface area contributed by atoms with Crippen LogP contribution in [0.5, 0.6) is 11.6 Å². The lowest BCUT2D eigenvalue weighted by molar-refractivity contribution is 0.437. The average molecular weight is 428 g/mol. The Kier molecular flexibility index (Phi) is 3.77. The number of pyridine rings is 2. The van der Waals surface area contributed by atoms with Gasteiger partial charge in [0.15, 0.2) is 11.5 Å². The zero-order valence-electron chi connectivity index (χ0n) is 17.3. The summed E-state index contributed by atoms with van der Waals surface area (Å²) >= 11 is 0. The van der Waals surface area contributed by atoms with E-state index in [2.05, 4.69) is 50.4 Å². The van der Waals surface area contributed by atoms with Gasteiger partial charge in [0.05, 0.1) is 5.56 Å². The van der Waals surface area contributed by atoms with Crippen molar-refractivity contribution in [2.24, 2.45) is 0 Å². The molecule has 1 unspecified atom stereocenters. The minimum atomic E-state index is -0.149. The molecule has 0 N–H and O–H groups in total. The van der Waals surface area contributed by atoms with E-state index in [1.807, 2.05) is 36.5 Å². The number of nitrogens with zero attached hydrogens (tertiary/aromatic N) is 6. The van der Waals surface area contributed by atoms with Crippen molar-refractivity contribution in [3.8, 4) is 23.0 Å². The van der Waals surface area contributed by atoms with Gasteiger partial charge in [-0.2, -0.15) is 0 Å². The molecule has 1 aliphatic heterocycles. The van der Waals surface area contributed by atoms with Crippen LogP contribution in [0.4, 0.5) is 0 Å². The topological polar surface area (TPSA) is 78.1 Å². The Hall–Kier alpha value is -4.65. The highest BCUT2D eigenvalue weighted by molar-refractivity contribution is 5.91.